The fourth-order valence-corrected chi connectivity index (χ4v) is 4.51. The van der Waals surface area contributed by atoms with Gasteiger partial charge < -0.3 is 24.3 Å². The summed E-state index contributed by atoms with van der Waals surface area (Å²) in [5.74, 6) is 1.57. The molecule has 3 aromatic rings. The van der Waals surface area contributed by atoms with E-state index in [0.29, 0.717) is 19.8 Å². The first kappa shape index (κ1) is 18.9. The zero-order valence-electron chi connectivity index (χ0n) is 17.0. The number of nitrogens with zero attached hydrogens (tertiary/aromatic N) is 2. The van der Waals surface area contributed by atoms with E-state index in [4.69, 9.17) is 9.47 Å². The predicted molar refractivity (Wildman–Crippen MR) is 116 cm³/mol. The molecule has 1 fully saturated rings. The minimum absolute atomic E-state index is 0.0183. The second kappa shape index (κ2) is 8.30. The summed E-state index contributed by atoms with van der Waals surface area (Å²) in [4.78, 5) is 14.8. The number of aryl methyl sites for hydroxylation is 1. The lowest BCUT2D eigenvalue weighted by Crippen LogP contribution is -2.40. The molecule has 0 spiro atoms. The van der Waals surface area contributed by atoms with Crippen molar-refractivity contribution in [3.8, 4) is 11.5 Å². The van der Waals surface area contributed by atoms with Crippen molar-refractivity contribution >= 4 is 16.9 Å². The average Bonchev–Trinajstić information content (AvgIpc) is 3.44. The second-order valence-electron chi connectivity index (χ2n) is 7.91. The van der Waals surface area contributed by atoms with Crippen LogP contribution in [0.15, 0.2) is 54.7 Å². The maximum atomic E-state index is 12.8. The molecular weight excluding hydrogens is 378 g/mol. The van der Waals surface area contributed by atoms with Crippen molar-refractivity contribution < 1.29 is 14.3 Å². The number of para-hydroxylation sites is 1. The Morgan fingerprint density at radius 1 is 1.07 bits per heavy atom. The highest BCUT2D eigenvalue weighted by molar-refractivity contribution is 5.79. The van der Waals surface area contributed by atoms with Crippen LogP contribution in [0.2, 0.25) is 0 Å². The summed E-state index contributed by atoms with van der Waals surface area (Å²) in [6, 6.07) is 16.7. The molecule has 2 aromatic carbocycles. The van der Waals surface area contributed by atoms with E-state index in [0.717, 1.165) is 49.4 Å². The van der Waals surface area contributed by atoms with E-state index >= 15 is 0 Å². The number of amides is 2. The van der Waals surface area contributed by atoms with Gasteiger partial charge in [0.25, 0.3) is 0 Å². The summed E-state index contributed by atoms with van der Waals surface area (Å²) in [7, 11) is 0. The van der Waals surface area contributed by atoms with Gasteiger partial charge in [0.15, 0.2) is 11.5 Å². The van der Waals surface area contributed by atoms with Crippen LogP contribution in [0.5, 0.6) is 11.5 Å². The van der Waals surface area contributed by atoms with Gasteiger partial charge >= 0.3 is 6.03 Å². The Kier molecular flexibility index (Phi) is 5.22. The molecule has 1 saturated heterocycles. The van der Waals surface area contributed by atoms with Crippen LogP contribution >= 0.6 is 0 Å². The molecule has 5 rings (SSSR count). The largest absolute Gasteiger partial charge is 0.486 e. The molecule has 2 amide bonds. The van der Waals surface area contributed by atoms with Gasteiger partial charge in [-0.3, -0.25) is 0 Å². The number of carbonyl (C=O) groups is 1. The molecule has 6 heteroatoms. The Labute approximate surface area is 176 Å². The van der Waals surface area contributed by atoms with Crippen molar-refractivity contribution in [1.29, 1.82) is 0 Å². The topological polar surface area (TPSA) is 55.7 Å². The van der Waals surface area contributed by atoms with Crippen LogP contribution in [0, 0.1) is 0 Å². The van der Waals surface area contributed by atoms with Gasteiger partial charge in [0, 0.05) is 31.3 Å². The van der Waals surface area contributed by atoms with E-state index in [1.165, 1.54) is 10.9 Å². The van der Waals surface area contributed by atoms with Gasteiger partial charge in [0.1, 0.15) is 13.2 Å². The number of ether oxygens (including phenoxy) is 2. The normalized spacial score (nSPS) is 18.0. The highest BCUT2D eigenvalue weighted by atomic mass is 16.6. The highest BCUT2D eigenvalue weighted by Gasteiger charge is 2.30. The van der Waals surface area contributed by atoms with E-state index < -0.39 is 0 Å². The number of carbonyl (C=O) groups excluding carboxylic acids is 1. The number of rotatable bonds is 5. The molecule has 0 bridgehead atoms. The molecule has 156 valence electrons. The summed E-state index contributed by atoms with van der Waals surface area (Å²) in [5.41, 5.74) is 2.35. The molecule has 1 N–H and O–H groups in total. The zero-order chi connectivity index (χ0) is 20.3. The van der Waals surface area contributed by atoms with Crippen LogP contribution in [-0.2, 0) is 6.54 Å². The quantitative estimate of drug-likeness (QED) is 0.642. The molecule has 1 unspecified atom stereocenters. The molecule has 2 aliphatic heterocycles. The summed E-state index contributed by atoms with van der Waals surface area (Å²) < 4.78 is 13.6. The third-order valence-corrected chi connectivity index (χ3v) is 6.00. The zero-order valence-corrected chi connectivity index (χ0v) is 17.0. The highest BCUT2D eigenvalue weighted by Crippen LogP contribution is 2.38. The Balaban J connectivity index is 1.17. The van der Waals surface area contributed by atoms with Gasteiger partial charge in [-0.05, 0) is 54.5 Å². The summed E-state index contributed by atoms with van der Waals surface area (Å²) in [6.45, 7) is 3.49. The Hall–Kier alpha value is -3.15. The third-order valence-electron chi connectivity index (χ3n) is 6.00. The molecule has 2 aliphatic rings. The van der Waals surface area contributed by atoms with Gasteiger partial charge in [0.2, 0.25) is 0 Å². The first-order chi connectivity index (χ1) is 14.8. The van der Waals surface area contributed by atoms with Crippen molar-refractivity contribution in [3.63, 3.8) is 0 Å². The molecule has 0 saturated carbocycles. The Morgan fingerprint density at radius 2 is 1.93 bits per heavy atom. The lowest BCUT2D eigenvalue weighted by Gasteiger charge is -2.27. The van der Waals surface area contributed by atoms with Crippen molar-refractivity contribution in [3.05, 3.63) is 60.3 Å². The predicted octanol–water partition coefficient (Wildman–Crippen LogP) is 4.35. The van der Waals surface area contributed by atoms with E-state index in [-0.39, 0.29) is 12.1 Å². The van der Waals surface area contributed by atoms with Gasteiger partial charge in [-0.2, -0.15) is 0 Å². The first-order valence-corrected chi connectivity index (χ1v) is 10.8. The number of benzene rings is 2. The minimum atomic E-state index is 0.0183. The van der Waals surface area contributed by atoms with E-state index in [2.05, 4.69) is 52.5 Å². The van der Waals surface area contributed by atoms with E-state index in [9.17, 15) is 4.79 Å². The van der Waals surface area contributed by atoms with Crippen molar-refractivity contribution in [1.82, 2.24) is 14.8 Å². The van der Waals surface area contributed by atoms with Crippen LogP contribution in [0.4, 0.5) is 4.79 Å². The molecule has 0 radical (unpaired) electrons. The summed E-state index contributed by atoms with van der Waals surface area (Å²) in [6.07, 6.45) is 5.00. The number of nitrogens with one attached hydrogen (secondary N) is 1. The molecule has 0 aliphatic carbocycles. The van der Waals surface area contributed by atoms with Gasteiger partial charge in [0.05, 0.1) is 6.04 Å². The molecule has 30 heavy (non-hydrogen) atoms. The van der Waals surface area contributed by atoms with Crippen molar-refractivity contribution in [2.24, 2.45) is 0 Å². The number of hydrogen-bond donors (Lipinski definition) is 1. The molecule has 1 atom stereocenters. The molecule has 1 aromatic heterocycles. The summed E-state index contributed by atoms with van der Waals surface area (Å²) >= 11 is 0. The lowest BCUT2D eigenvalue weighted by atomic mass is 10.0. The Morgan fingerprint density at radius 3 is 2.87 bits per heavy atom. The van der Waals surface area contributed by atoms with Gasteiger partial charge in [-0.1, -0.05) is 24.3 Å². The maximum Gasteiger partial charge on any atom is 0.317 e. The number of aromatic nitrogens is 1. The first-order valence-electron chi connectivity index (χ1n) is 10.8. The van der Waals surface area contributed by atoms with Gasteiger partial charge in [-0.15, -0.1) is 0 Å². The van der Waals surface area contributed by atoms with E-state index in [1.54, 1.807) is 0 Å². The average molecular weight is 405 g/mol. The van der Waals surface area contributed by atoms with Crippen LogP contribution in [0.3, 0.4) is 0 Å². The van der Waals surface area contributed by atoms with Crippen LogP contribution in [-0.4, -0.2) is 41.8 Å². The maximum absolute atomic E-state index is 12.8. The van der Waals surface area contributed by atoms with E-state index in [1.807, 2.05) is 17.0 Å². The molecule has 6 nitrogen and oxygen atoms in total. The smallest absolute Gasteiger partial charge is 0.317 e. The number of likely N-dealkylation sites (tertiary alicyclic amines) is 1. The van der Waals surface area contributed by atoms with Crippen molar-refractivity contribution in [2.75, 3.05) is 26.3 Å². The van der Waals surface area contributed by atoms with Crippen LogP contribution in [0.25, 0.3) is 10.9 Å². The van der Waals surface area contributed by atoms with Crippen molar-refractivity contribution in [2.45, 2.75) is 31.8 Å². The third kappa shape index (κ3) is 3.70. The minimum Gasteiger partial charge on any atom is -0.486 e. The number of hydrogen-bond acceptors (Lipinski definition) is 3. The lowest BCUT2D eigenvalue weighted by molar-refractivity contribution is 0.170. The number of urea groups is 1. The van der Waals surface area contributed by atoms with Crippen LogP contribution in [0.1, 0.15) is 30.9 Å². The number of fused-ring (bicyclic) bond motifs is 2. The molecular formula is C24H27N3O3. The molecule has 3 heterocycles. The fourth-order valence-electron chi connectivity index (χ4n) is 4.51. The second-order valence-corrected chi connectivity index (χ2v) is 7.91. The van der Waals surface area contributed by atoms with Gasteiger partial charge in [-0.25, -0.2) is 4.79 Å². The monoisotopic (exact) mass is 405 g/mol. The fraction of sp³-hybridized carbons (Fsp3) is 0.375. The SMILES string of the molecule is O=C(NCCCn1ccc2ccccc21)N1CCCC1c1ccc2c(c1)OCCO2. The van der Waals surface area contributed by atoms with Crippen LogP contribution < -0.4 is 14.8 Å². The Bertz CT molecular complexity index is 1050. The standard InChI is InChI=1S/C24H27N3O3/c28-24(25-11-4-12-26-14-10-18-5-1-2-6-20(18)26)27-13-3-7-21(27)19-8-9-22-23(17-19)30-16-15-29-22/h1-2,5-6,8-10,14,17,21H,3-4,7,11-13,15-16H2,(H,25,28). The summed E-state index contributed by atoms with van der Waals surface area (Å²) in [5, 5.41) is 4.37.